The standard InChI is InChI=1S/C13H25NO2S/c1-11-4-2-5-13(10-11)17(15,16)9-3-8-14-12-6-7-12/h11-14H,2-10H2,1H3. The van der Waals surface area contributed by atoms with Crippen LogP contribution in [0.15, 0.2) is 0 Å². The summed E-state index contributed by atoms with van der Waals surface area (Å²) < 4.78 is 24.3. The van der Waals surface area contributed by atoms with Gasteiger partial charge in [0.1, 0.15) is 0 Å². The van der Waals surface area contributed by atoms with E-state index in [1.807, 2.05) is 0 Å². The van der Waals surface area contributed by atoms with E-state index in [0.29, 0.717) is 17.7 Å². The van der Waals surface area contributed by atoms with Crippen LogP contribution in [0.25, 0.3) is 0 Å². The minimum Gasteiger partial charge on any atom is -0.314 e. The lowest BCUT2D eigenvalue weighted by atomic mass is 9.91. The molecule has 2 rings (SSSR count). The number of hydrogen-bond acceptors (Lipinski definition) is 3. The Morgan fingerprint density at radius 2 is 1.94 bits per heavy atom. The monoisotopic (exact) mass is 259 g/mol. The predicted octanol–water partition coefficient (Wildman–Crippen LogP) is 2.12. The highest BCUT2D eigenvalue weighted by Crippen LogP contribution is 2.28. The Labute approximate surface area is 105 Å². The number of rotatable bonds is 6. The van der Waals surface area contributed by atoms with Gasteiger partial charge in [-0.3, -0.25) is 0 Å². The van der Waals surface area contributed by atoms with Crippen molar-refractivity contribution >= 4 is 9.84 Å². The van der Waals surface area contributed by atoms with Crippen LogP contribution in [-0.4, -0.2) is 32.0 Å². The summed E-state index contributed by atoms with van der Waals surface area (Å²) in [5.74, 6) is 0.970. The van der Waals surface area contributed by atoms with E-state index in [-0.39, 0.29) is 5.25 Å². The van der Waals surface area contributed by atoms with Crippen molar-refractivity contribution in [1.82, 2.24) is 5.32 Å². The molecule has 0 heterocycles. The van der Waals surface area contributed by atoms with Gasteiger partial charge in [-0.2, -0.15) is 0 Å². The highest BCUT2D eigenvalue weighted by Gasteiger charge is 2.29. The maximum absolute atomic E-state index is 12.2. The molecule has 2 atom stereocenters. The molecule has 2 aliphatic carbocycles. The summed E-state index contributed by atoms with van der Waals surface area (Å²) >= 11 is 0. The lowest BCUT2D eigenvalue weighted by Gasteiger charge is -2.26. The molecule has 0 radical (unpaired) electrons. The molecular weight excluding hydrogens is 234 g/mol. The molecule has 100 valence electrons. The van der Waals surface area contributed by atoms with Gasteiger partial charge < -0.3 is 5.32 Å². The van der Waals surface area contributed by atoms with Crippen LogP contribution in [0.1, 0.15) is 51.9 Å². The van der Waals surface area contributed by atoms with Crippen molar-refractivity contribution in [3.8, 4) is 0 Å². The molecule has 0 aromatic heterocycles. The van der Waals surface area contributed by atoms with Gasteiger partial charge in [0.05, 0.1) is 11.0 Å². The summed E-state index contributed by atoms with van der Waals surface area (Å²) in [7, 11) is -2.83. The molecular formula is C13H25NO2S. The van der Waals surface area contributed by atoms with E-state index >= 15 is 0 Å². The first kappa shape index (κ1) is 13.3. The van der Waals surface area contributed by atoms with Gasteiger partial charge in [0.2, 0.25) is 0 Å². The third kappa shape index (κ3) is 4.25. The van der Waals surface area contributed by atoms with Gasteiger partial charge in [0.25, 0.3) is 0 Å². The van der Waals surface area contributed by atoms with E-state index in [4.69, 9.17) is 0 Å². The quantitative estimate of drug-likeness (QED) is 0.743. The maximum Gasteiger partial charge on any atom is 0.153 e. The third-order valence-corrected chi connectivity index (χ3v) is 6.31. The highest BCUT2D eigenvalue weighted by molar-refractivity contribution is 7.92. The van der Waals surface area contributed by atoms with Crippen LogP contribution in [0.5, 0.6) is 0 Å². The molecule has 2 aliphatic rings. The molecule has 3 nitrogen and oxygen atoms in total. The summed E-state index contributed by atoms with van der Waals surface area (Å²) in [6, 6.07) is 0.687. The average Bonchev–Trinajstić information content (AvgIpc) is 3.08. The van der Waals surface area contributed by atoms with Crippen molar-refractivity contribution in [1.29, 1.82) is 0 Å². The maximum atomic E-state index is 12.2. The van der Waals surface area contributed by atoms with E-state index in [9.17, 15) is 8.42 Å². The molecule has 4 heteroatoms. The Balaban J connectivity index is 1.72. The number of sulfone groups is 1. The fourth-order valence-electron chi connectivity index (χ4n) is 2.74. The van der Waals surface area contributed by atoms with Crippen molar-refractivity contribution in [3.63, 3.8) is 0 Å². The molecule has 0 aromatic carbocycles. The van der Waals surface area contributed by atoms with Crippen LogP contribution < -0.4 is 5.32 Å². The summed E-state index contributed by atoms with van der Waals surface area (Å²) in [6.45, 7) is 3.04. The smallest absolute Gasteiger partial charge is 0.153 e. The van der Waals surface area contributed by atoms with Crippen LogP contribution in [0, 0.1) is 5.92 Å². The molecule has 0 amide bonds. The van der Waals surface area contributed by atoms with E-state index in [0.717, 1.165) is 32.2 Å². The van der Waals surface area contributed by atoms with Gasteiger partial charge in [-0.25, -0.2) is 8.42 Å². The van der Waals surface area contributed by atoms with Gasteiger partial charge >= 0.3 is 0 Å². The van der Waals surface area contributed by atoms with Gasteiger partial charge in [0.15, 0.2) is 9.84 Å². The van der Waals surface area contributed by atoms with E-state index in [2.05, 4.69) is 12.2 Å². The van der Waals surface area contributed by atoms with Crippen LogP contribution in [0.2, 0.25) is 0 Å². The second-order valence-electron chi connectivity index (χ2n) is 5.84. The lowest BCUT2D eigenvalue weighted by molar-refractivity contribution is 0.381. The number of nitrogens with one attached hydrogen (secondary N) is 1. The number of hydrogen-bond donors (Lipinski definition) is 1. The molecule has 0 aliphatic heterocycles. The second-order valence-corrected chi connectivity index (χ2v) is 8.24. The first-order valence-electron chi connectivity index (χ1n) is 7.03. The van der Waals surface area contributed by atoms with Gasteiger partial charge in [-0.05, 0) is 44.6 Å². The fourth-order valence-corrected chi connectivity index (χ4v) is 4.77. The Morgan fingerprint density at radius 1 is 1.18 bits per heavy atom. The van der Waals surface area contributed by atoms with E-state index < -0.39 is 9.84 Å². The summed E-state index contributed by atoms with van der Waals surface area (Å²) in [5.41, 5.74) is 0. The zero-order chi connectivity index (χ0) is 12.3. The summed E-state index contributed by atoms with van der Waals surface area (Å²) in [4.78, 5) is 0. The van der Waals surface area contributed by atoms with Crippen molar-refractivity contribution in [3.05, 3.63) is 0 Å². The molecule has 0 bridgehead atoms. The Morgan fingerprint density at radius 3 is 2.59 bits per heavy atom. The van der Waals surface area contributed by atoms with Gasteiger partial charge in [0, 0.05) is 6.04 Å². The first-order chi connectivity index (χ1) is 8.08. The van der Waals surface area contributed by atoms with Crippen LogP contribution in [0.3, 0.4) is 0 Å². The normalized spacial score (nSPS) is 30.4. The Bertz CT molecular complexity index is 335. The largest absolute Gasteiger partial charge is 0.314 e. The van der Waals surface area contributed by atoms with Crippen molar-refractivity contribution < 1.29 is 8.42 Å². The van der Waals surface area contributed by atoms with Crippen LogP contribution in [-0.2, 0) is 9.84 Å². The van der Waals surface area contributed by atoms with Gasteiger partial charge in [-0.15, -0.1) is 0 Å². The second kappa shape index (κ2) is 5.70. The SMILES string of the molecule is CC1CCCC(S(=O)(=O)CCCNC2CC2)C1. The molecule has 0 saturated heterocycles. The Hall–Kier alpha value is -0.0900. The third-order valence-electron chi connectivity index (χ3n) is 4.01. The lowest BCUT2D eigenvalue weighted by Crippen LogP contribution is -2.30. The van der Waals surface area contributed by atoms with Crippen molar-refractivity contribution in [2.24, 2.45) is 5.92 Å². The highest BCUT2D eigenvalue weighted by atomic mass is 32.2. The minimum absolute atomic E-state index is 0.0489. The molecule has 2 unspecified atom stereocenters. The van der Waals surface area contributed by atoms with Gasteiger partial charge in [-0.1, -0.05) is 19.8 Å². The van der Waals surface area contributed by atoms with Crippen LogP contribution >= 0.6 is 0 Å². The molecule has 17 heavy (non-hydrogen) atoms. The fraction of sp³-hybridized carbons (Fsp3) is 1.00. The van der Waals surface area contributed by atoms with Crippen molar-refractivity contribution in [2.45, 2.75) is 63.2 Å². The molecule has 2 fully saturated rings. The average molecular weight is 259 g/mol. The summed E-state index contributed by atoms with van der Waals surface area (Å²) in [5, 5.41) is 3.33. The molecule has 2 saturated carbocycles. The van der Waals surface area contributed by atoms with E-state index in [1.54, 1.807) is 0 Å². The Kier molecular flexibility index (Phi) is 4.47. The van der Waals surface area contributed by atoms with E-state index in [1.165, 1.54) is 19.3 Å². The molecule has 0 aromatic rings. The zero-order valence-corrected chi connectivity index (χ0v) is 11.6. The predicted molar refractivity (Wildman–Crippen MR) is 70.8 cm³/mol. The van der Waals surface area contributed by atoms with Crippen LogP contribution in [0.4, 0.5) is 0 Å². The van der Waals surface area contributed by atoms with Crippen molar-refractivity contribution in [2.75, 3.05) is 12.3 Å². The topological polar surface area (TPSA) is 46.2 Å². The zero-order valence-electron chi connectivity index (χ0n) is 10.8. The molecule has 1 N–H and O–H groups in total. The minimum atomic E-state index is -2.83. The first-order valence-corrected chi connectivity index (χ1v) is 8.74. The molecule has 0 spiro atoms. The summed E-state index contributed by atoms with van der Waals surface area (Å²) in [6.07, 6.45) is 7.39.